The Kier molecular flexibility index (Phi) is 6.04. The van der Waals surface area contributed by atoms with Gasteiger partial charge in [-0.05, 0) is 31.0 Å². The number of hydrogen-bond acceptors (Lipinski definition) is 4. The van der Waals surface area contributed by atoms with E-state index in [1.54, 1.807) is 0 Å². The Morgan fingerprint density at radius 1 is 1.27 bits per heavy atom. The van der Waals surface area contributed by atoms with Crippen molar-refractivity contribution in [1.82, 2.24) is 5.32 Å². The molecule has 22 heavy (non-hydrogen) atoms. The Bertz CT molecular complexity index is 643. The number of sulfone groups is 1. The van der Waals surface area contributed by atoms with Crippen molar-refractivity contribution in [2.75, 3.05) is 12.8 Å². The van der Waals surface area contributed by atoms with E-state index in [-0.39, 0.29) is 13.0 Å². The number of nitrogens with two attached hydrogens (primary N) is 1. The predicted molar refractivity (Wildman–Crippen MR) is 80.1 cm³/mol. The van der Waals surface area contributed by atoms with Crippen molar-refractivity contribution in [3.05, 3.63) is 35.6 Å². The minimum atomic E-state index is -3.50. The molecule has 122 valence electrons. The average Bonchev–Trinajstić information content (AvgIpc) is 2.42. The molecule has 0 radical (unpaired) electrons. The van der Waals surface area contributed by atoms with Gasteiger partial charge >= 0.3 is 0 Å². The van der Waals surface area contributed by atoms with Gasteiger partial charge in [0.25, 0.3) is 0 Å². The maximum absolute atomic E-state index is 12.8. The van der Waals surface area contributed by atoms with Crippen molar-refractivity contribution in [3.63, 3.8) is 0 Å². The number of rotatable bonds is 7. The van der Waals surface area contributed by atoms with Gasteiger partial charge in [-0.15, -0.1) is 0 Å². The molecule has 3 N–H and O–H groups in total. The van der Waals surface area contributed by atoms with Crippen LogP contribution in [-0.2, 0) is 25.8 Å². The summed E-state index contributed by atoms with van der Waals surface area (Å²) in [6.07, 6.45) is 1.18. The summed E-state index contributed by atoms with van der Waals surface area (Å²) >= 11 is 0. The van der Waals surface area contributed by atoms with Crippen LogP contribution in [0.1, 0.15) is 12.5 Å². The molecular weight excluding hydrogens is 311 g/mol. The molecule has 0 saturated heterocycles. The Hall–Kier alpha value is -1.96. The zero-order valence-electron chi connectivity index (χ0n) is 12.4. The van der Waals surface area contributed by atoms with Gasteiger partial charge in [0.2, 0.25) is 11.8 Å². The lowest BCUT2D eigenvalue weighted by Crippen LogP contribution is -2.42. The van der Waals surface area contributed by atoms with Gasteiger partial charge in [0.15, 0.2) is 9.84 Å². The molecule has 0 fully saturated rings. The summed E-state index contributed by atoms with van der Waals surface area (Å²) in [5.41, 5.74) is 5.97. The zero-order valence-corrected chi connectivity index (χ0v) is 13.2. The summed E-state index contributed by atoms with van der Waals surface area (Å²) in [5, 5.41) is 1.21. The SMILES string of the molecule is C[C@H](C(=O)NC[C@@H](Cc1ccc(F)cc1)C(N)=O)S(C)(=O)=O. The first kappa shape index (κ1) is 18.1. The summed E-state index contributed by atoms with van der Waals surface area (Å²) < 4.78 is 35.4. The largest absolute Gasteiger partial charge is 0.369 e. The van der Waals surface area contributed by atoms with E-state index in [2.05, 4.69) is 5.32 Å². The fourth-order valence-corrected chi connectivity index (χ4v) is 2.21. The normalized spacial score (nSPS) is 14.1. The molecule has 6 nitrogen and oxygen atoms in total. The van der Waals surface area contributed by atoms with Crippen molar-refractivity contribution < 1.29 is 22.4 Å². The first-order valence-electron chi connectivity index (χ1n) is 6.61. The smallest absolute Gasteiger partial charge is 0.238 e. The van der Waals surface area contributed by atoms with E-state index in [1.165, 1.54) is 31.2 Å². The van der Waals surface area contributed by atoms with E-state index in [4.69, 9.17) is 5.73 Å². The molecule has 0 heterocycles. The summed E-state index contributed by atoms with van der Waals surface area (Å²) in [7, 11) is -3.50. The van der Waals surface area contributed by atoms with Gasteiger partial charge in [-0.1, -0.05) is 12.1 Å². The molecule has 0 aliphatic rings. The maximum Gasteiger partial charge on any atom is 0.238 e. The van der Waals surface area contributed by atoms with Crippen LogP contribution in [0.25, 0.3) is 0 Å². The Morgan fingerprint density at radius 3 is 2.27 bits per heavy atom. The number of benzene rings is 1. The lowest BCUT2D eigenvalue weighted by atomic mass is 9.98. The third-order valence-corrected chi connectivity index (χ3v) is 4.83. The van der Waals surface area contributed by atoms with Gasteiger partial charge in [0, 0.05) is 12.8 Å². The molecule has 1 aromatic rings. The Morgan fingerprint density at radius 2 is 1.82 bits per heavy atom. The van der Waals surface area contributed by atoms with E-state index in [0.29, 0.717) is 5.56 Å². The quantitative estimate of drug-likeness (QED) is 0.735. The molecule has 8 heteroatoms. The van der Waals surface area contributed by atoms with E-state index in [9.17, 15) is 22.4 Å². The zero-order chi connectivity index (χ0) is 16.9. The second-order valence-electron chi connectivity index (χ2n) is 5.15. The number of carbonyl (C=O) groups excluding carboxylic acids is 2. The highest BCUT2D eigenvalue weighted by Crippen LogP contribution is 2.10. The van der Waals surface area contributed by atoms with Crippen LogP contribution in [0.3, 0.4) is 0 Å². The van der Waals surface area contributed by atoms with Crippen molar-refractivity contribution in [2.24, 2.45) is 11.7 Å². The fourth-order valence-electron chi connectivity index (χ4n) is 1.74. The van der Waals surface area contributed by atoms with Crippen LogP contribution in [0.2, 0.25) is 0 Å². The van der Waals surface area contributed by atoms with Gasteiger partial charge < -0.3 is 11.1 Å². The first-order valence-corrected chi connectivity index (χ1v) is 8.57. The Labute approximate surface area is 128 Å². The summed E-state index contributed by atoms with van der Waals surface area (Å²) in [4.78, 5) is 23.2. The number of halogens is 1. The molecule has 0 aliphatic heterocycles. The second kappa shape index (κ2) is 7.35. The molecule has 0 unspecified atom stereocenters. The number of primary amides is 1. The van der Waals surface area contributed by atoms with Crippen LogP contribution in [0, 0.1) is 11.7 Å². The highest BCUT2D eigenvalue weighted by molar-refractivity contribution is 7.92. The van der Waals surface area contributed by atoms with Crippen LogP contribution in [0.4, 0.5) is 4.39 Å². The molecule has 0 spiro atoms. The van der Waals surface area contributed by atoms with Crippen LogP contribution in [-0.4, -0.2) is 38.3 Å². The predicted octanol–water partition coefficient (Wildman–Crippen LogP) is 0.0190. The molecule has 0 bridgehead atoms. The van der Waals surface area contributed by atoms with Crippen molar-refractivity contribution in [1.29, 1.82) is 0 Å². The minimum Gasteiger partial charge on any atom is -0.369 e. The molecule has 0 aromatic heterocycles. The molecule has 0 saturated carbocycles. The van der Waals surface area contributed by atoms with E-state index in [1.807, 2.05) is 0 Å². The molecular formula is C14H19FN2O4S. The van der Waals surface area contributed by atoms with Gasteiger partial charge in [0.05, 0.1) is 5.92 Å². The van der Waals surface area contributed by atoms with E-state index in [0.717, 1.165) is 6.26 Å². The highest BCUT2D eigenvalue weighted by Gasteiger charge is 2.25. The highest BCUT2D eigenvalue weighted by atomic mass is 32.2. The third kappa shape index (κ3) is 5.44. The Balaban J connectivity index is 2.67. The van der Waals surface area contributed by atoms with Crippen molar-refractivity contribution in [3.8, 4) is 0 Å². The third-order valence-electron chi connectivity index (χ3n) is 3.33. The summed E-state index contributed by atoms with van der Waals surface area (Å²) in [6.45, 7) is 1.19. The summed E-state index contributed by atoms with van der Waals surface area (Å²) in [6, 6.07) is 5.56. The molecule has 1 rings (SSSR count). The first-order chi connectivity index (χ1) is 10.1. The summed E-state index contributed by atoms with van der Waals surface area (Å²) in [5.74, 6) is -2.42. The molecule has 2 atom stereocenters. The standard InChI is InChI=1S/C14H19FN2O4S/c1-9(22(2,20)21)14(19)17-8-11(13(16)18)7-10-3-5-12(15)6-4-10/h3-6,9,11H,7-8H2,1-2H3,(H2,16,18)(H,17,19)/t9-,11-/m1/s1. The van der Waals surface area contributed by atoms with Gasteiger partial charge in [-0.3, -0.25) is 9.59 Å². The van der Waals surface area contributed by atoms with Gasteiger partial charge in [-0.2, -0.15) is 0 Å². The van der Waals surface area contributed by atoms with E-state index >= 15 is 0 Å². The number of amides is 2. The fraction of sp³-hybridized carbons (Fsp3) is 0.429. The van der Waals surface area contributed by atoms with Gasteiger partial charge in [-0.25, -0.2) is 12.8 Å². The monoisotopic (exact) mass is 330 g/mol. The number of hydrogen-bond donors (Lipinski definition) is 2. The van der Waals surface area contributed by atoms with Crippen LogP contribution in [0.5, 0.6) is 0 Å². The molecule has 1 aromatic carbocycles. The van der Waals surface area contributed by atoms with Crippen LogP contribution in [0.15, 0.2) is 24.3 Å². The van der Waals surface area contributed by atoms with Crippen LogP contribution >= 0.6 is 0 Å². The molecule has 0 aliphatic carbocycles. The molecule has 2 amide bonds. The number of nitrogens with one attached hydrogen (secondary N) is 1. The lowest BCUT2D eigenvalue weighted by molar-refractivity contribution is -0.123. The van der Waals surface area contributed by atoms with Crippen molar-refractivity contribution in [2.45, 2.75) is 18.6 Å². The van der Waals surface area contributed by atoms with Gasteiger partial charge in [0.1, 0.15) is 11.1 Å². The lowest BCUT2D eigenvalue weighted by Gasteiger charge is -2.16. The van der Waals surface area contributed by atoms with Crippen LogP contribution < -0.4 is 11.1 Å². The second-order valence-corrected chi connectivity index (χ2v) is 7.51. The average molecular weight is 330 g/mol. The van der Waals surface area contributed by atoms with E-state index < -0.39 is 38.6 Å². The topological polar surface area (TPSA) is 106 Å². The minimum absolute atomic E-state index is 0.0780. The number of carbonyl (C=O) groups is 2. The maximum atomic E-state index is 12.8. The van der Waals surface area contributed by atoms with Crippen molar-refractivity contribution >= 4 is 21.7 Å².